The number of thioether (sulfide) groups is 1. The Labute approximate surface area is 185 Å². The SMILES string of the molecule is CCSc1cccc(C(=O)N(Cc2ccccc2)c2nc3c(C)ccc(C)c3s2)c1. The van der Waals surface area contributed by atoms with Gasteiger partial charge >= 0.3 is 0 Å². The van der Waals surface area contributed by atoms with Gasteiger partial charge in [-0.1, -0.05) is 66.8 Å². The molecule has 0 atom stereocenters. The van der Waals surface area contributed by atoms with Crippen molar-refractivity contribution in [3.05, 3.63) is 89.0 Å². The predicted octanol–water partition coefficient (Wildman–Crippen LogP) is 6.87. The van der Waals surface area contributed by atoms with Gasteiger partial charge in [-0.2, -0.15) is 0 Å². The largest absolute Gasteiger partial charge is 0.279 e. The summed E-state index contributed by atoms with van der Waals surface area (Å²) in [7, 11) is 0. The van der Waals surface area contributed by atoms with Gasteiger partial charge in [-0.3, -0.25) is 9.69 Å². The molecule has 0 bridgehead atoms. The Morgan fingerprint density at radius 1 is 1.00 bits per heavy atom. The summed E-state index contributed by atoms with van der Waals surface area (Å²) >= 11 is 3.33. The van der Waals surface area contributed by atoms with Crippen LogP contribution in [0.25, 0.3) is 10.2 Å². The van der Waals surface area contributed by atoms with Gasteiger partial charge in [0.15, 0.2) is 5.13 Å². The van der Waals surface area contributed by atoms with Crippen LogP contribution in [-0.4, -0.2) is 16.6 Å². The fourth-order valence-corrected chi connectivity index (χ4v) is 5.23. The molecule has 0 saturated carbocycles. The van der Waals surface area contributed by atoms with Gasteiger partial charge in [0.25, 0.3) is 5.91 Å². The number of aryl methyl sites for hydroxylation is 2. The van der Waals surface area contributed by atoms with E-state index in [-0.39, 0.29) is 5.91 Å². The number of benzene rings is 3. The van der Waals surface area contributed by atoms with Crippen LogP contribution in [0.2, 0.25) is 0 Å². The molecule has 152 valence electrons. The maximum absolute atomic E-state index is 13.6. The number of hydrogen-bond donors (Lipinski definition) is 0. The van der Waals surface area contributed by atoms with Crippen molar-refractivity contribution in [3.8, 4) is 0 Å². The second-order valence-electron chi connectivity index (χ2n) is 7.21. The van der Waals surface area contributed by atoms with E-state index in [4.69, 9.17) is 4.98 Å². The highest BCUT2D eigenvalue weighted by molar-refractivity contribution is 7.99. The number of aromatic nitrogens is 1. The van der Waals surface area contributed by atoms with Crippen LogP contribution in [0.1, 0.15) is 34.0 Å². The highest BCUT2D eigenvalue weighted by atomic mass is 32.2. The van der Waals surface area contributed by atoms with Crippen LogP contribution >= 0.6 is 23.1 Å². The zero-order valence-corrected chi connectivity index (χ0v) is 19.0. The van der Waals surface area contributed by atoms with Crippen molar-refractivity contribution in [2.75, 3.05) is 10.7 Å². The summed E-state index contributed by atoms with van der Waals surface area (Å²) in [5.74, 6) is 0.952. The molecule has 0 spiro atoms. The van der Waals surface area contributed by atoms with Crippen LogP contribution in [0, 0.1) is 13.8 Å². The van der Waals surface area contributed by atoms with Crippen LogP contribution in [0.15, 0.2) is 71.6 Å². The van der Waals surface area contributed by atoms with E-state index in [0.29, 0.717) is 12.1 Å². The zero-order chi connectivity index (χ0) is 21.1. The molecule has 30 heavy (non-hydrogen) atoms. The molecule has 4 rings (SSSR count). The van der Waals surface area contributed by atoms with Gasteiger partial charge in [0.2, 0.25) is 0 Å². The first-order valence-electron chi connectivity index (χ1n) is 10.0. The van der Waals surface area contributed by atoms with E-state index in [0.717, 1.165) is 37.1 Å². The summed E-state index contributed by atoms with van der Waals surface area (Å²) in [6.45, 7) is 6.77. The molecule has 3 aromatic carbocycles. The Bertz CT molecular complexity index is 1150. The smallest absolute Gasteiger partial charge is 0.260 e. The summed E-state index contributed by atoms with van der Waals surface area (Å²) in [6, 6.07) is 22.2. The minimum absolute atomic E-state index is 0.0215. The van der Waals surface area contributed by atoms with E-state index in [2.05, 4.69) is 39.0 Å². The summed E-state index contributed by atoms with van der Waals surface area (Å²) in [6.07, 6.45) is 0. The van der Waals surface area contributed by atoms with Gasteiger partial charge < -0.3 is 0 Å². The number of anilines is 1. The highest BCUT2D eigenvalue weighted by Gasteiger charge is 2.23. The first-order valence-corrected chi connectivity index (χ1v) is 11.8. The number of carbonyl (C=O) groups is 1. The average molecular weight is 433 g/mol. The van der Waals surface area contributed by atoms with Gasteiger partial charge in [-0.05, 0) is 54.5 Å². The second kappa shape index (κ2) is 9.02. The maximum atomic E-state index is 13.6. The van der Waals surface area contributed by atoms with E-state index >= 15 is 0 Å². The van der Waals surface area contributed by atoms with Crippen molar-refractivity contribution in [3.63, 3.8) is 0 Å². The minimum atomic E-state index is -0.0215. The number of hydrogen-bond acceptors (Lipinski definition) is 4. The topological polar surface area (TPSA) is 33.2 Å². The third kappa shape index (κ3) is 4.27. The Balaban J connectivity index is 1.79. The molecule has 5 heteroatoms. The lowest BCUT2D eigenvalue weighted by atomic mass is 10.1. The molecule has 0 aliphatic heterocycles. The van der Waals surface area contributed by atoms with Crippen molar-refractivity contribution in [2.45, 2.75) is 32.2 Å². The van der Waals surface area contributed by atoms with Crippen LogP contribution < -0.4 is 4.90 Å². The molecule has 1 heterocycles. The number of carbonyl (C=O) groups excluding carboxylic acids is 1. The van der Waals surface area contributed by atoms with E-state index in [1.54, 1.807) is 23.1 Å². The summed E-state index contributed by atoms with van der Waals surface area (Å²) in [4.78, 5) is 21.5. The summed E-state index contributed by atoms with van der Waals surface area (Å²) in [5.41, 5.74) is 5.07. The first-order chi connectivity index (χ1) is 14.6. The van der Waals surface area contributed by atoms with Gasteiger partial charge in [0, 0.05) is 10.5 Å². The Hall–Kier alpha value is -2.63. The number of rotatable bonds is 6. The zero-order valence-electron chi connectivity index (χ0n) is 17.4. The van der Waals surface area contributed by atoms with E-state index in [9.17, 15) is 4.79 Å². The minimum Gasteiger partial charge on any atom is -0.279 e. The fourth-order valence-electron chi connectivity index (χ4n) is 3.40. The van der Waals surface area contributed by atoms with Crippen LogP contribution in [0.5, 0.6) is 0 Å². The van der Waals surface area contributed by atoms with Crippen molar-refractivity contribution in [1.82, 2.24) is 4.98 Å². The van der Waals surface area contributed by atoms with Crippen LogP contribution in [-0.2, 0) is 6.54 Å². The van der Waals surface area contributed by atoms with Crippen LogP contribution in [0.3, 0.4) is 0 Å². The number of thiazole rings is 1. The third-order valence-electron chi connectivity index (χ3n) is 4.98. The third-order valence-corrected chi connectivity index (χ3v) is 7.07. The molecule has 1 aromatic heterocycles. The molecule has 0 saturated heterocycles. The van der Waals surface area contributed by atoms with Crippen molar-refractivity contribution >= 4 is 44.4 Å². The molecule has 3 nitrogen and oxygen atoms in total. The molecule has 0 aliphatic rings. The Kier molecular flexibility index (Phi) is 6.21. The molecular formula is C25H24N2OS2. The van der Waals surface area contributed by atoms with Crippen molar-refractivity contribution in [2.24, 2.45) is 0 Å². The molecule has 0 unspecified atom stereocenters. The quantitative estimate of drug-likeness (QED) is 0.312. The first kappa shape index (κ1) is 20.6. The van der Waals surface area contributed by atoms with Crippen molar-refractivity contribution in [1.29, 1.82) is 0 Å². The molecule has 1 amide bonds. The van der Waals surface area contributed by atoms with Gasteiger partial charge in [-0.15, -0.1) is 11.8 Å². The fraction of sp³-hybridized carbons (Fsp3) is 0.200. The highest BCUT2D eigenvalue weighted by Crippen LogP contribution is 2.34. The molecule has 0 fully saturated rings. The molecule has 0 aliphatic carbocycles. The number of fused-ring (bicyclic) bond motifs is 1. The lowest BCUT2D eigenvalue weighted by molar-refractivity contribution is 0.0985. The standard InChI is InChI=1S/C25H24N2OS2/c1-4-29-21-12-8-11-20(15-21)24(28)27(16-19-9-6-5-7-10-19)25-26-22-17(2)13-14-18(3)23(22)30-25/h5-15H,4,16H2,1-3H3. The second-order valence-corrected chi connectivity index (χ2v) is 9.53. The van der Waals surface area contributed by atoms with E-state index in [1.165, 1.54) is 5.56 Å². The molecule has 0 N–H and O–H groups in total. The predicted molar refractivity (Wildman–Crippen MR) is 129 cm³/mol. The van der Waals surface area contributed by atoms with Gasteiger partial charge in [-0.25, -0.2) is 4.98 Å². The Morgan fingerprint density at radius 2 is 1.77 bits per heavy atom. The number of amides is 1. The molecular weight excluding hydrogens is 408 g/mol. The molecule has 0 radical (unpaired) electrons. The molecule has 4 aromatic rings. The number of nitrogens with zero attached hydrogens (tertiary/aromatic N) is 2. The normalized spacial score (nSPS) is 11.0. The van der Waals surface area contributed by atoms with E-state index < -0.39 is 0 Å². The van der Waals surface area contributed by atoms with Gasteiger partial charge in [0.05, 0.1) is 16.8 Å². The van der Waals surface area contributed by atoms with Crippen molar-refractivity contribution < 1.29 is 4.79 Å². The summed E-state index contributed by atoms with van der Waals surface area (Å²) < 4.78 is 1.14. The lowest BCUT2D eigenvalue weighted by Gasteiger charge is -2.20. The van der Waals surface area contributed by atoms with E-state index in [1.807, 2.05) is 53.4 Å². The monoisotopic (exact) mass is 432 g/mol. The Morgan fingerprint density at radius 3 is 2.50 bits per heavy atom. The average Bonchev–Trinajstić information content (AvgIpc) is 3.22. The maximum Gasteiger partial charge on any atom is 0.260 e. The van der Waals surface area contributed by atoms with Crippen LogP contribution in [0.4, 0.5) is 5.13 Å². The van der Waals surface area contributed by atoms with Gasteiger partial charge in [0.1, 0.15) is 0 Å². The summed E-state index contributed by atoms with van der Waals surface area (Å²) in [5, 5.41) is 0.741. The lowest BCUT2D eigenvalue weighted by Crippen LogP contribution is -2.30.